The SMILES string of the molecule is CN(C)C1=NC(=S)C(=NC2CCCCC2)S1. The maximum Gasteiger partial charge on any atom is 0.171 e. The molecule has 1 aliphatic carbocycles. The van der Waals surface area contributed by atoms with Gasteiger partial charge in [0.05, 0.1) is 6.04 Å². The molecule has 1 aliphatic heterocycles. The van der Waals surface area contributed by atoms with E-state index < -0.39 is 0 Å². The lowest BCUT2D eigenvalue weighted by Gasteiger charge is -2.18. The fraction of sp³-hybridized carbons (Fsp3) is 0.727. The maximum atomic E-state index is 5.24. The van der Waals surface area contributed by atoms with Crippen LogP contribution < -0.4 is 0 Å². The van der Waals surface area contributed by atoms with Crippen LogP contribution in [0.25, 0.3) is 0 Å². The topological polar surface area (TPSA) is 28.0 Å². The van der Waals surface area contributed by atoms with Crippen molar-refractivity contribution in [1.82, 2.24) is 4.90 Å². The van der Waals surface area contributed by atoms with E-state index in [4.69, 9.17) is 17.2 Å². The summed E-state index contributed by atoms with van der Waals surface area (Å²) in [7, 11) is 3.97. The Labute approximate surface area is 106 Å². The van der Waals surface area contributed by atoms with Crippen LogP contribution in [0.4, 0.5) is 0 Å². The van der Waals surface area contributed by atoms with Crippen molar-refractivity contribution in [3.8, 4) is 0 Å². The predicted octanol–water partition coefficient (Wildman–Crippen LogP) is 2.71. The van der Waals surface area contributed by atoms with Crippen LogP contribution in [0.3, 0.4) is 0 Å². The van der Waals surface area contributed by atoms with Crippen molar-refractivity contribution < 1.29 is 0 Å². The first kappa shape index (κ1) is 12.0. The molecule has 0 atom stereocenters. The molecule has 1 fully saturated rings. The normalized spacial score (nSPS) is 25.0. The molecule has 0 bridgehead atoms. The molecule has 0 amide bonds. The van der Waals surface area contributed by atoms with E-state index in [9.17, 15) is 0 Å². The zero-order valence-electron chi connectivity index (χ0n) is 9.77. The van der Waals surface area contributed by atoms with Crippen LogP contribution in [-0.4, -0.2) is 40.2 Å². The predicted molar refractivity (Wildman–Crippen MR) is 75.6 cm³/mol. The first-order chi connectivity index (χ1) is 7.66. The van der Waals surface area contributed by atoms with E-state index in [2.05, 4.69) is 4.99 Å². The van der Waals surface area contributed by atoms with Crippen LogP contribution in [0.2, 0.25) is 0 Å². The van der Waals surface area contributed by atoms with Gasteiger partial charge in [-0.15, -0.1) is 0 Å². The lowest BCUT2D eigenvalue weighted by molar-refractivity contribution is 0.444. The van der Waals surface area contributed by atoms with Gasteiger partial charge in [-0.2, -0.15) is 0 Å². The lowest BCUT2D eigenvalue weighted by atomic mass is 9.96. The second-order valence-corrected chi connectivity index (χ2v) is 5.76. The highest BCUT2D eigenvalue weighted by Gasteiger charge is 2.23. The highest BCUT2D eigenvalue weighted by Crippen LogP contribution is 2.25. The molecular weight excluding hydrogens is 238 g/mol. The van der Waals surface area contributed by atoms with Gasteiger partial charge in [0.2, 0.25) is 0 Å². The molecule has 0 radical (unpaired) electrons. The number of thiocarbonyl (C=S) groups is 1. The number of hydrogen-bond donors (Lipinski definition) is 0. The Balaban J connectivity index is 2.01. The molecular formula is C11H17N3S2. The van der Waals surface area contributed by atoms with Crippen LogP contribution in [-0.2, 0) is 0 Å². The second kappa shape index (κ2) is 5.27. The van der Waals surface area contributed by atoms with Crippen molar-refractivity contribution in [2.45, 2.75) is 38.1 Å². The van der Waals surface area contributed by atoms with E-state index in [1.807, 2.05) is 19.0 Å². The highest BCUT2D eigenvalue weighted by molar-refractivity contribution is 8.29. The van der Waals surface area contributed by atoms with Crippen LogP contribution in [0.15, 0.2) is 9.98 Å². The summed E-state index contributed by atoms with van der Waals surface area (Å²) in [6.45, 7) is 0. The van der Waals surface area contributed by atoms with Gasteiger partial charge < -0.3 is 4.90 Å². The Kier molecular flexibility index (Phi) is 3.97. The third kappa shape index (κ3) is 2.83. The van der Waals surface area contributed by atoms with Gasteiger partial charge in [-0.3, -0.25) is 4.99 Å². The first-order valence-corrected chi connectivity index (χ1v) is 6.95. The van der Waals surface area contributed by atoms with Crippen molar-refractivity contribution >= 4 is 39.2 Å². The molecule has 2 aliphatic rings. The summed E-state index contributed by atoms with van der Waals surface area (Å²) in [5.74, 6) is 0. The summed E-state index contributed by atoms with van der Waals surface area (Å²) in [5.41, 5.74) is 0. The van der Waals surface area contributed by atoms with Crippen molar-refractivity contribution in [1.29, 1.82) is 0 Å². The van der Waals surface area contributed by atoms with Gasteiger partial charge >= 0.3 is 0 Å². The summed E-state index contributed by atoms with van der Waals surface area (Å²) in [5, 5.41) is 1.91. The number of amidine groups is 1. The molecule has 0 aromatic heterocycles. The Morgan fingerprint density at radius 2 is 2.00 bits per heavy atom. The van der Waals surface area contributed by atoms with Gasteiger partial charge in [0, 0.05) is 14.1 Å². The van der Waals surface area contributed by atoms with Gasteiger partial charge in [0.15, 0.2) is 10.2 Å². The summed E-state index contributed by atoms with van der Waals surface area (Å²) >= 11 is 6.84. The quantitative estimate of drug-likeness (QED) is 0.674. The van der Waals surface area contributed by atoms with Crippen LogP contribution >= 0.6 is 24.0 Å². The van der Waals surface area contributed by atoms with Crippen molar-refractivity contribution in [3.63, 3.8) is 0 Å². The molecule has 3 nitrogen and oxygen atoms in total. The van der Waals surface area contributed by atoms with E-state index in [-0.39, 0.29) is 0 Å². The van der Waals surface area contributed by atoms with Crippen molar-refractivity contribution in [3.05, 3.63) is 0 Å². The molecule has 0 spiro atoms. The molecule has 1 saturated carbocycles. The van der Waals surface area contributed by atoms with Crippen LogP contribution in [0, 0.1) is 0 Å². The minimum absolute atomic E-state index is 0.478. The Morgan fingerprint density at radius 1 is 1.31 bits per heavy atom. The van der Waals surface area contributed by atoms with Gasteiger partial charge in [-0.1, -0.05) is 31.5 Å². The fourth-order valence-corrected chi connectivity index (χ4v) is 3.09. The number of rotatable bonds is 1. The third-order valence-electron chi connectivity index (χ3n) is 2.83. The molecule has 0 aromatic carbocycles. The highest BCUT2D eigenvalue weighted by atomic mass is 32.2. The summed E-state index contributed by atoms with van der Waals surface area (Å²) in [4.78, 5) is 11.7. The zero-order valence-corrected chi connectivity index (χ0v) is 11.4. The average molecular weight is 255 g/mol. The minimum atomic E-state index is 0.478. The Bertz CT molecular complexity index is 341. The zero-order chi connectivity index (χ0) is 11.5. The van der Waals surface area contributed by atoms with Gasteiger partial charge in [0.1, 0.15) is 5.04 Å². The molecule has 5 heteroatoms. The molecule has 0 N–H and O–H groups in total. The van der Waals surface area contributed by atoms with E-state index in [0.29, 0.717) is 11.0 Å². The minimum Gasteiger partial charge on any atom is -0.357 e. The standard InChI is InChI=1S/C11H17N3S2/c1-14(2)11-13-9(15)10(16-11)12-8-6-4-3-5-7-8/h8H,3-7H2,1-2H3. The maximum absolute atomic E-state index is 5.24. The summed E-state index contributed by atoms with van der Waals surface area (Å²) in [6.07, 6.45) is 6.40. The van der Waals surface area contributed by atoms with E-state index >= 15 is 0 Å². The Hall–Kier alpha value is -0.420. The summed E-state index contributed by atoms with van der Waals surface area (Å²) in [6, 6.07) is 0.478. The summed E-state index contributed by atoms with van der Waals surface area (Å²) < 4.78 is 0. The third-order valence-corrected chi connectivity index (χ3v) is 4.37. The fourth-order valence-electron chi connectivity index (χ4n) is 1.94. The molecule has 16 heavy (non-hydrogen) atoms. The van der Waals surface area contributed by atoms with Crippen LogP contribution in [0.5, 0.6) is 0 Å². The van der Waals surface area contributed by atoms with Crippen LogP contribution in [0.1, 0.15) is 32.1 Å². The monoisotopic (exact) mass is 255 g/mol. The number of nitrogens with zero attached hydrogens (tertiary/aromatic N) is 3. The molecule has 0 unspecified atom stereocenters. The number of thioether (sulfide) groups is 1. The van der Waals surface area contributed by atoms with Crippen molar-refractivity contribution in [2.24, 2.45) is 9.98 Å². The molecule has 0 saturated heterocycles. The number of aliphatic imine (C=N–C) groups is 2. The second-order valence-electron chi connectivity index (χ2n) is 4.42. The molecule has 1 heterocycles. The number of hydrogen-bond acceptors (Lipinski definition) is 4. The molecule has 0 aromatic rings. The Morgan fingerprint density at radius 3 is 2.56 bits per heavy atom. The largest absolute Gasteiger partial charge is 0.357 e. The van der Waals surface area contributed by atoms with Gasteiger partial charge in [-0.25, -0.2) is 4.99 Å². The first-order valence-electron chi connectivity index (χ1n) is 5.73. The smallest absolute Gasteiger partial charge is 0.171 e. The van der Waals surface area contributed by atoms with Gasteiger partial charge in [0.25, 0.3) is 0 Å². The molecule has 2 rings (SSSR count). The van der Waals surface area contributed by atoms with E-state index in [1.54, 1.807) is 11.8 Å². The van der Waals surface area contributed by atoms with E-state index in [0.717, 1.165) is 10.2 Å². The average Bonchev–Trinajstić information content (AvgIpc) is 2.62. The van der Waals surface area contributed by atoms with Crippen molar-refractivity contribution in [2.75, 3.05) is 14.1 Å². The lowest BCUT2D eigenvalue weighted by Crippen LogP contribution is -2.17. The molecule has 88 valence electrons. The van der Waals surface area contributed by atoms with E-state index in [1.165, 1.54) is 32.1 Å². The van der Waals surface area contributed by atoms with Gasteiger partial charge in [-0.05, 0) is 24.6 Å².